The van der Waals surface area contributed by atoms with E-state index in [1.165, 1.54) is 25.9 Å². The van der Waals surface area contributed by atoms with Gasteiger partial charge in [0.05, 0.1) is 4.92 Å². The highest BCUT2D eigenvalue weighted by Crippen LogP contribution is 2.33. The molecule has 0 spiro atoms. The molecular formula is C14H19N3O2. The largest absolute Gasteiger partial charge is 0.375 e. The Bertz CT molecular complexity index is 495. The van der Waals surface area contributed by atoms with Gasteiger partial charge in [0.15, 0.2) is 0 Å². The summed E-state index contributed by atoms with van der Waals surface area (Å²) in [7, 11) is 0. The Morgan fingerprint density at radius 3 is 2.68 bits per heavy atom. The maximum absolute atomic E-state index is 11.2. The Hall–Kier alpha value is -1.62. The van der Waals surface area contributed by atoms with Crippen molar-refractivity contribution in [3.8, 4) is 0 Å². The summed E-state index contributed by atoms with van der Waals surface area (Å²) in [4.78, 5) is 13.4. The Labute approximate surface area is 112 Å². The third kappa shape index (κ3) is 2.30. The molecule has 1 atom stereocenters. The number of hydrogen-bond donors (Lipinski definition) is 1. The summed E-state index contributed by atoms with van der Waals surface area (Å²) in [5.41, 5.74) is 1.61. The summed E-state index contributed by atoms with van der Waals surface area (Å²) in [6.45, 7) is 5.16. The molecule has 3 aliphatic heterocycles. The molecule has 0 amide bonds. The van der Waals surface area contributed by atoms with E-state index in [9.17, 15) is 10.1 Å². The number of piperidine rings is 3. The van der Waals surface area contributed by atoms with Gasteiger partial charge in [-0.05, 0) is 44.8 Å². The number of para-hydroxylation sites is 1. The zero-order chi connectivity index (χ0) is 13.4. The fraction of sp³-hybridized carbons (Fsp3) is 0.571. The van der Waals surface area contributed by atoms with E-state index in [0.717, 1.165) is 12.1 Å². The van der Waals surface area contributed by atoms with Crippen molar-refractivity contribution in [1.29, 1.82) is 0 Å². The summed E-state index contributed by atoms with van der Waals surface area (Å²) in [5.74, 6) is 0.658. The summed E-state index contributed by atoms with van der Waals surface area (Å²) in [6, 6.07) is 5.84. The van der Waals surface area contributed by atoms with E-state index in [1.54, 1.807) is 13.0 Å². The monoisotopic (exact) mass is 261 g/mol. The summed E-state index contributed by atoms with van der Waals surface area (Å²) in [5, 5.41) is 14.6. The number of anilines is 1. The molecule has 2 bridgehead atoms. The number of benzene rings is 1. The first-order valence-corrected chi connectivity index (χ1v) is 6.88. The molecule has 0 aromatic heterocycles. The SMILES string of the molecule is Cc1cccc(NC2CN3CCC2CC3)c1[N+](=O)[O-]. The molecule has 19 heavy (non-hydrogen) atoms. The smallest absolute Gasteiger partial charge is 0.295 e. The van der Waals surface area contributed by atoms with E-state index in [4.69, 9.17) is 0 Å². The quantitative estimate of drug-likeness (QED) is 0.670. The lowest BCUT2D eigenvalue weighted by atomic mass is 9.84. The minimum Gasteiger partial charge on any atom is -0.375 e. The standard InChI is InChI=1S/C14H19N3O2/c1-10-3-2-4-12(14(10)17(18)19)15-13-9-16-7-5-11(13)6-8-16/h2-4,11,13,15H,5-9H2,1H3. The number of rotatable bonds is 3. The maximum atomic E-state index is 11.2. The van der Waals surface area contributed by atoms with Gasteiger partial charge in [-0.2, -0.15) is 0 Å². The lowest BCUT2D eigenvalue weighted by Crippen LogP contribution is -2.53. The van der Waals surface area contributed by atoms with E-state index < -0.39 is 0 Å². The van der Waals surface area contributed by atoms with Crippen LogP contribution >= 0.6 is 0 Å². The van der Waals surface area contributed by atoms with Gasteiger partial charge < -0.3 is 10.2 Å². The van der Waals surface area contributed by atoms with Gasteiger partial charge in [0.2, 0.25) is 0 Å². The zero-order valence-electron chi connectivity index (χ0n) is 11.1. The Kier molecular flexibility index (Phi) is 3.14. The molecule has 0 aliphatic carbocycles. The van der Waals surface area contributed by atoms with Crippen molar-refractivity contribution in [2.24, 2.45) is 5.92 Å². The molecular weight excluding hydrogens is 242 g/mol. The lowest BCUT2D eigenvalue weighted by molar-refractivity contribution is -0.384. The second kappa shape index (κ2) is 4.81. The highest BCUT2D eigenvalue weighted by atomic mass is 16.6. The third-order valence-corrected chi connectivity index (χ3v) is 4.42. The number of nitro groups is 1. The number of nitrogens with zero attached hydrogens (tertiary/aromatic N) is 2. The molecule has 0 radical (unpaired) electrons. The van der Waals surface area contributed by atoms with Crippen molar-refractivity contribution >= 4 is 11.4 Å². The minimum absolute atomic E-state index is 0.221. The normalized spacial score (nSPS) is 29.2. The lowest BCUT2D eigenvalue weighted by Gasteiger charge is -2.45. The number of nitrogens with one attached hydrogen (secondary N) is 1. The molecule has 1 aromatic carbocycles. The van der Waals surface area contributed by atoms with Crippen molar-refractivity contribution in [2.75, 3.05) is 25.0 Å². The molecule has 3 fully saturated rings. The molecule has 1 unspecified atom stereocenters. The van der Waals surface area contributed by atoms with Crippen molar-refractivity contribution < 1.29 is 4.92 Å². The molecule has 3 aliphatic rings. The second-order valence-electron chi connectivity index (χ2n) is 5.62. The molecule has 102 valence electrons. The number of fused-ring (bicyclic) bond motifs is 3. The maximum Gasteiger partial charge on any atom is 0.295 e. The number of hydrogen-bond acceptors (Lipinski definition) is 4. The van der Waals surface area contributed by atoms with Gasteiger partial charge >= 0.3 is 0 Å². The molecule has 5 heteroatoms. The van der Waals surface area contributed by atoms with Crippen molar-refractivity contribution in [3.63, 3.8) is 0 Å². The van der Waals surface area contributed by atoms with Crippen LogP contribution in [0.15, 0.2) is 18.2 Å². The summed E-state index contributed by atoms with van der Waals surface area (Å²) < 4.78 is 0. The van der Waals surface area contributed by atoms with Crippen LogP contribution in [0.5, 0.6) is 0 Å². The molecule has 1 N–H and O–H groups in total. The topological polar surface area (TPSA) is 58.4 Å². The van der Waals surface area contributed by atoms with Crippen LogP contribution in [0, 0.1) is 23.0 Å². The highest BCUT2D eigenvalue weighted by molar-refractivity contribution is 5.65. The third-order valence-electron chi connectivity index (χ3n) is 4.42. The van der Waals surface area contributed by atoms with E-state index >= 15 is 0 Å². The highest BCUT2D eigenvalue weighted by Gasteiger charge is 2.35. The fourth-order valence-electron chi connectivity index (χ4n) is 3.35. The van der Waals surface area contributed by atoms with Gasteiger partial charge in [0.1, 0.15) is 5.69 Å². The number of nitro benzene ring substituents is 1. The fourth-order valence-corrected chi connectivity index (χ4v) is 3.35. The van der Waals surface area contributed by atoms with Crippen LogP contribution in [0.1, 0.15) is 18.4 Å². The molecule has 3 saturated heterocycles. The predicted molar refractivity (Wildman–Crippen MR) is 74.4 cm³/mol. The summed E-state index contributed by atoms with van der Waals surface area (Å²) >= 11 is 0. The van der Waals surface area contributed by atoms with Gasteiger partial charge in [-0.1, -0.05) is 12.1 Å². The first-order valence-electron chi connectivity index (χ1n) is 6.88. The van der Waals surface area contributed by atoms with E-state index in [2.05, 4.69) is 10.2 Å². The van der Waals surface area contributed by atoms with Crippen molar-refractivity contribution in [1.82, 2.24) is 4.90 Å². The average molecular weight is 261 g/mol. The van der Waals surface area contributed by atoms with Gasteiger partial charge in [0, 0.05) is 18.2 Å². The van der Waals surface area contributed by atoms with Crippen LogP contribution in [-0.2, 0) is 0 Å². The Morgan fingerprint density at radius 1 is 1.37 bits per heavy atom. The first kappa shape index (κ1) is 12.4. The Morgan fingerprint density at radius 2 is 2.11 bits per heavy atom. The van der Waals surface area contributed by atoms with Crippen molar-refractivity contribution in [3.05, 3.63) is 33.9 Å². The Balaban J connectivity index is 1.84. The summed E-state index contributed by atoms with van der Waals surface area (Å²) in [6.07, 6.45) is 2.41. The van der Waals surface area contributed by atoms with Gasteiger partial charge in [-0.15, -0.1) is 0 Å². The predicted octanol–water partition coefficient (Wildman–Crippen LogP) is 2.41. The zero-order valence-corrected chi connectivity index (χ0v) is 11.1. The molecule has 3 heterocycles. The minimum atomic E-state index is -0.279. The molecule has 0 saturated carbocycles. The van der Waals surface area contributed by atoms with Crippen LogP contribution in [0.25, 0.3) is 0 Å². The number of aryl methyl sites for hydroxylation is 1. The van der Waals surface area contributed by atoms with Gasteiger partial charge in [-0.3, -0.25) is 10.1 Å². The van der Waals surface area contributed by atoms with Crippen LogP contribution in [0.4, 0.5) is 11.4 Å². The average Bonchev–Trinajstić information content (AvgIpc) is 2.39. The van der Waals surface area contributed by atoms with Crippen LogP contribution < -0.4 is 5.32 Å². The molecule has 4 rings (SSSR count). The van der Waals surface area contributed by atoms with Crippen LogP contribution in [-0.4, -0.2) is 35.5 Å². The van der Waals surface area contributed by atoms with Gasteiger partial charge in [-0.25, -0.2) is 0 Å². The molecule has 5 nitrogen and oxygen atoms in total. The molecule has 1 aromatic rings. The van der Waals surface area contributed by atoms with E-state index in [0.29, 0.717) is 17.6 Å². The van der Waals surface area contributed by atoms with E-state index in [1.807, 2.05) is 12.1 Å². The second-order valence-corrected chi connectivity index (χ2v) is 5.62. The van der Waals surface area contributed by atoms with E-state index in [-0.39, 0.29) is 10.6 Å². The van der Waals surface area contributed by atoms with Crippen LogP contribution in [0.2, 0.25) is 0 Å². The first-order chi connectivity index (χ1) is 9.15. The van der Waals surface area contributed by atoms with Crippen molar-refractivity contribution in [2.45, 2.75) is 25.8 Å². The van der Waals surface area contributed by atoms with Crippen LogP contribution in [0.3, 0.4) is 0 Å². The van der Waals surface area contributed by atoms with Gasteiger partial charge in [0.25, 0.3) is 5.69 Å².